The van der Waals surface area contributed by atoms with Gasteiger partial charge in [0.25, 0.3) is 5.91 Å². The van der Waals surface area contributed by atoms with E-state index in [1.165, 1.54) is 10.4 Å². The number of amides is 1. The molecule has 2 aromatic rings. The van der Waals surface area contributed by atoms with Crippen LogP contribution in [0.5, 0.6) is 5.75 Å². The van der Waals surface area contributed by atoms with Crippen molar-refractivity contribution in [2.75, 3.05) is 11.9 Å². The maximum atomic E-state index is 12.5. The minimum Gasteiger partial charge on any atom is -0.484 e. The summed E-state index contributed by atoms with van der Waals surface area (Å²) in [6.07, 6.45) is 4.06. The minimum atomic E-state index is -0.233. The zero-order valence-electron chi connectivity index (χ0n) is 18.7. The molecule has 1 aliphatic carbocycles. The molecule has 3 rings (SSSR count). The Labute approximate surface area is 184 Å². The summed E-state index contributed by atoms with van der Waals surface area (Å²) in [6.45, 7) is 11.1. The average Bonchev–Trinajstić information content (AvgIpc) is 3.07. The van der Waals surface area contributed by atoms with Crippen LogP contribution in [0.4, 0.5) is 5.00 Å². The molecule has 1 heterocycles. The number of carbonyl (C=O) groups excluding carboxylic acids is 1. The molecule has 0 spiro atoms. The molecule has 160 valence electrons. The Hall–Kier alpha value is -2.32. The number of anilines is 1. The highest BCUT2D eigenvalue weighted by molar-refractivity contribution is 7.16. The van der Waals surface area contributed by atoms with Crippen molar-refractivity contribution in [1.82, 2.24) is 0 Å². The Kier molecular flexibility index (Phi) is 6.88. The van der Waals surface area contributed by atoms with E-state index in [0.29, 0.717) is 28.1 Å². The summed E-state index contributed by atoms with van der Waals surface area (Å²) in [4.78, 5) is 13.7. The van der Waals surface area contributed by atoms with Crippen LogP contribution in [0.15, 0.2) is 24.3 Å². The molecule has 1 N–H and O–H groups in total. The van der Waals surface area contributed by atoms with Gasteiger partial charge >= 0.3 is 0 Å². The predicted molar refractivity (Wildman–Crippen MR) is 123 cm³/mol. The molecule has 30 heavy (non-hydrogen) atoms. The van der Waals surface area contributed by atoms with E-state index in [-0.39, 0.29) is 17.9 Å². The van der Waals surface area contributed by atoms with Gasteiger partial charge in [0, 0.05) is 4.88 Å². The number of nitrogens with zero attached hydrogens (tertiary/aromatic N) is 1. The second-order valence-electron chi connectivity index (χ2n) is 9.34. The molecule has 0 saturated heterocycles. The van der Waals surface area contributed by atoms with Gasteiger partial charge in [-0.25, -0.2) is 0 Å². The molecule has 1 aromatic heterocycles. The van der Waals surface area contributed by atoms with Crippen molar-refractivity contribution < 1.29 is 9.53 Å². The summed E-state index contributed by atoms with van der Waals surface area (Å²) >= 11 is 1.55. The zero-order chi connectivity index (χ0) is 21.9. The number of hydrogen-bond donors (Lipinski definition) is 1. The first-order valence-electron chi connectivity index (χ1n) is 10.8. The lowest BCUT2D eigenvalue weighted by atomic mass is 9.72. The van der Waals surface area contributed by atoms with Crippen LogP contribution in [-0.2, 0) is 17.6 Å². The number of nitriles is 1. The van der Waals surface area contributed by atoms with Gasteiger partial charge in [-0.1, -0.05) is 46.8 Å². The number of thiophene rings is 1. The average molecular weight is 425 g/mol. The van der Waals surface area contributed by atoms with Gasteiger partial charge in [-0.3, -0.25) is 4.79 Å². The topological polar surface area (TPSA) is 62.1 Å². The first kappa shape index (κ1) is 22.4. The van der Waals surface area contributed by atoms with Crippen molar-refractivity contribution >= 4 is 22.2 Å². The number of nitrogens with one attached hydrogen (secondary N) is 1. The number of hydrogen-bond acceptors (Lipinski definition) is 4. The molecule has 0 saturated carbocycles. The van der Waals surface area contributed by atoms with E-state index in [2.05, 4.69) is 46.0 Å². The van der Waals surface area contributed by atoms with Crippen molar-refractivity contribution in [3.05, 3.63) is 45.8 Å². The fourth-order valence-corrected chi connectivity index (χ4v) is 5.27. The fraction of sp³-hybridized carbons (Fsp3) is 0.520. The molecule has 2 atom stereocenters. The molecule has 0 fully saturated rings. The van der Waals surface area contributed by atoms with E-state index in [1.807, 2.05) is 24.3 Å². The van der Waals surface area contributed by atoms with Crippen LogP contribution in [0.1, 0.15) is 74.9 Å². The zero-order valence-corrected chi connectivity index (χ0v) is 19.5. The lowest BCUT2D eigenvalue weighted by Gasteiger charge is -2.33. The predicted octanol–water partition coefficient (Wildman–Crippen LogP) is 6.30. The van der Waals surface area contributed by atoms with Crippen molar-refractivity contribution in [3.8, 4) is 11.8 Å². The van der Waals surface area contributed by atoms with Crippen LogP contribution < -0.4 is 10.1 Å². The normalized spacial score (nSPS) is 17.0. The quantitative estimate of drug-likeness (QED) is 0.592. The smallest absolute Gasteiger partial charge is 0.262 e. The highest BCUT2D eigenvalue weighted by Gasteiger charge is 2.32. The Balaban J connectivity index is 1.63. The maximum absolute atomic E-state index is 12.5. The Morgan fingerprint density at radius 2 is 2.03 bits per heavy atom. The van der Waals surface area contributed by atoms with Crippen LogP contribution in [-0.4, -0.2) is 12.5 Å². The van der Waals surface area contributed by atoms with Gasteiger partial charge in [-0.15, -0.1) is 11.3 Å². The van der Waals surface area contributed by atoms with E-state index >= 15 is 0 Å². The molecule has 1 amide bonds. The monoisotopic (exact) mass is 424 g/mol. The van der Waals surface area contributed by atoms with E-state index in [1.54, 1.807) is 11.3 Å². The first-order valence-corrected chi connectivity index (χ1v) is 11.6. The summed E-state index contributed by atoms with van der Waals surface area (Å²) in [5.74, 6) is 1.55. The third-order valence-electron chi connectivity index (χ3n) is 6.29. The van der Waals surface area contributed by atoms with E-state index in [4.69, 9.17) is 4.74 Å². The SMILES string of the molecule is CC[C@H](C)c1ccc(OCC(=O)Nc2sc3c(c2C#N)CC[C@H](C(C)(C)C)C3)cc1. The largest absolute Gasteiger partial charge is 0.484 e. The third kappa shape index (κ3) is 5.05. The Morgan fingerprint density at radius 1 is 1.33 bits per heavy atom. The van der Waals surface area contributed by atoms with Crippen molar-refractivity contribution in [3.63, 3.8) is 0 Å². The summed E-state index contributed by atoms with van der Waals surface area (Å²) in [6, 6.07) is 10.2. The standard InChI is InChI=1S/C25H32N2O2S/c1-6-16(2)17-7-10-19(11-8-17)29-15-23(28)27-24-21(14-26)20-12-9-18(25(3,4)5)13-22(20)30-24/h7-8,10-11,16,18H,6,9,12-13,15H2,1-5H3,(H,27,28)/t16-,18-/m0/s1. The van der Waals surface area contributed by atoms with Crippen LogP contribution in [0.3, 0.4) is 0 Å². The molecular formula is C25H32N2O2S. The third-order valence-corrected chi connectivity index (χ3v) is 7.46. The number of ether oxygens (including phenoxy) is 1. The Morgan fingerprint density at radius 3 is 2.63 bits per heavy atom. The molecule has 0 bridgehead atoms. The van der Waals surface area contributed by atoms with E-state index < -0.39 is 0 Å². The van der Waals surface area contributed by atoms with Crippen LogP contribution in [0.25, 0.3) is 0 Å². The number of benzene rings is 1. The number of rotatable bonds is 6. The van der Waals surface area contributed by atoms with Gasteiger partial charge in [0.2, 0.25) is 0 Å². The first-order chi connectivity index (χ1) is 14.2. The summed E-state index contributed by atoms with van der Waals surface area (Å²) < 4.78 is 5.66. The summed E-state index contributed by atoms with van der Waals surface area (Å²) in [7, 11) is 0. The summed E-state index contributed by atoms with van der Waals surface area (Å²) in [5.41, 5.74) is 3.27. The van der Waals surface area contributed by atoms with Gasteiger partial charge in [0.15, 0.2) is 6.61 Å². The second-order valence-corrected chi connectivity index (χ2v) is 10.4. The van der Waals surface area contributed by atoms with Gasteiger partial charge in [0.05, 0.1) is 5.56 Å². The molecule has 0 radical (unpaired) electrons. The highest BCUT2D eigenvalue weighted by Crippen LogP contribution is 2.43. The van der Waals surface area contributed by atoms with Crippen LogP contribution >= 0.6 is 11.3 Å². The molecule has 5 heteroatoms. The minimum absolute atomic E-state index is 0.0687. The molecule has 0 unspecified atom stereocenters. The van der Waals surface area contributed by atoms with E-state index in [9.17, 15) is 10.1 Å². The van der Waals surface area contributed by atoms with Crippen LogP contribution in [0, 0.1) is 22.7 Å². The molecule has 1 aromatic carbocycles. The van der Waals surface area contributed by atoms with Crippen molar-refractivity contribution in [1.29, 1.82) is 5.26 Å². The van der Waals surface area contributed by atoms with Crippen molar-refractivity contribution in [2.45, 2.75) is 66.2 Å². The fourth-order valence-electron chi connectivity index (χ4n) is 3.97. The van der Waals surface area contributed by atoms with Gasteiger partial charge < -0.3 is 10.1 Å². The lowest BCUT2D eigenvalue weighted by Crippen LogP contribution is -2.26. The number of fused-ring (bicyclic) bond motifs is 1. The number of carbonyl (C=O) groups is 1. The lowest BCUT2D eigenvalue weighted by molar-refractivity contribution is -0.118. The summed E-state index contributed by atoms with van der Waals surface area (Å²) in [5, 5.41) is 13.3. The Bertz CT molecular complexity index is 932. The van der Waals surface area contributed by atoms with Crippen molar-refractivity contribution in [2.24, 2.45) is 11.3 Å². The van der Waals surface area contributed by atoms with Crippen LogP contribution in [0.2, 0.25) is 0 Å². The second kappa shape index (κ2) is 9.22. The molecular weight excluding hydrogens is 392 g/mol. The molecule has 4 nitrogen and oxygen atoms in total. The molecule has 1 aliphatic rings. The van der Waals surface area contributed by atoms with Gasteiger partial charge in [-0.05, 0) is 66.2 Å². The van der Waals surface area contributed by atoms with Gasteiger partial charge in [-0.2, -0.15) is 5.26 Å². The molecule has 0 aliphatic heterocycles. The highest BCUT2D eigenvalue weighted by atomic mass is 32.1. The van der Waals surface area contributed by atoms with E-state index in [0.717, 1.165) is 31.2 Å². The van der Waals surface area contributed by atoms with Gasteiger partial charge in [0.1, 0.15) is 16.8 Å². The maximum Gasteiger partial charge on any atom is 0.262 e.